The average molecular weight is 583 g/mol. The molecule has 3 aliphatic heterocycles. The van der Waals surface area contributed by atoms with Crippen molar-refractivity contribution in [1.82, 2.24) is 0 Å². The van der Waals surface area contributed by atoms with Gasteiger partial charge in [0.1, 0.15) is 5.60 Å². The first-order chi connectivity index (χ1) is 20.3. The third-order valence-electron chi connectivity index (χ3n) is 8.95. The van der Waals surface area contributed by atoms with Crippen molar-refractivity contribution in [3.8, 4) is 0 Å². The smallest absolute Gasteiger partial charge is 0.308 e. The van der Waals surface area contributed by atoms with Gasteiger partial charge in [0.2, 0.25) is 0 Å². The number of rotatable bonds is 12. The zero-order valence-corrected chi connectivity index (χ0v) is 25.1. The molecule has 2 aromatic carbocycles. The molecular weight excluding hydrogens is 536 g/mol. The number of esters is 1. The summed E-state index contributed by atoms with van der Waals surface area (Å²) in [7, 11) is 0. The van der Waals surface area contributed by atoms with E-state index in [1.165, 1.54) is 0 Å². The number of hydrogen-bond donors (Lipinski definition) is 1. The molecule has 3 heterocycles. The van der Waals surface area contributed by atoms with Gasteiger partial charge in [0.25, 0.3) is 0 Å². The molecule has 5 rings (SSSR count). The minimum Gasteiger partial charge on any atom is -0.466 e. The summed E-state index contributed by atoms with van der Waals surface area (Å²) >= 11 is 0. The number of benzene rings is 2. The van der Waals surface area contributed by atoms with Crippen molar-refractivity contribution in [3.63, 3.8) is 0 Å². The maximum Gasteiger partial charge on any atom is 0.308 e. The third-order valence-corrected chi connectivity index (χ3v) is 8.95. The Bertz CT molecular complexity index is 1130. The van der Waals surface area contributed by atoms with E-state index in [1.54, 1.807) is 6.92 Å². The molecule has 0 radical (unpaired) electrons. The summed E-state index contributed by atoms with van der Waals surface area (Å²) in [6, 6.07) is 20.3. The van der Waals surface area contributed by atoms with Crippen LogP contribution in [0.1, 0.15) is 70.4 Å². The molecule has 3 saturated heterocycles. The molecule has 0 aromatic heterocycles. The minimum atomic E-state index is -0.840. The lowest BCUT2D eigenvalue weighted by atomic mass is 9.73. The maximum atomic E-state index is 12.2. The Morgan fingerprint density at radius 1 is 0.952 bits per heavy atom. The zero-order valence-electron chi connectivity index (χ0n) is 25.1. The van der Waals surface area contributed by atoms with Crippen LogP contribution < -0.4 is 0 Å². The number of aliphatic hydroxyl groups is 1. The Kier molecular flexibility index (Phi) is 10.3. The Labute approximate surface area is 249 Å². The summed E-state index contributed by atoms with van der Waals surface area (Å²) in [6.45, 7) is 7.86. The second kappa shape index (κ2) is 14.0. The van der Waals surface area contributed by atoms with E-state index in [0.29, 0.717) is 45.7 Å². The van der Waals surface area contributed by atoms with Gasteiger partial charge in [-0.1, -0.05) is 60.7 Å². The highest BCUT2D eigenvalue weighted by molar-refractivity contribution is 5.70. The van der Waals surface area contributed by atoms with Gasteiger partial charge in [-0.2, -0.15) is 0 Å². The number of ether oxygens (including phenoxy) is 6. The van der Waals surface area contributed by atoms with Gasteiger partial charge in [-0.05, 0) is 44.7 Å². The Balaban J connectivity index is 1.25. The van der Waals surface area contributed by atoms with Crippen molar-refractivity contribution in [2.45, 2.75) is 120 Å². The number of aliphatic hydroxyl groups excluding tert-OH is 1. The number of carbonyl (C=O) groups is 1. The predicted molar refractivity (Wildman–Crippen MR) is 157 cm³/mol. The first kappa shape index (κ1) is 31.1. The van der Waals surface area contributed by atoms with Crippen LogP contribution in [-0.2, 0) is 46.4 Å². The molecular formula is C34H46O8. The first-order valence-electron chi connectivity index (χ1n) is 15.4. The van der Waals surface area contributed by atoms with Gasteiger partial charge in [-0.3, -0.25) is 4.79 Å². The largest absolute Gasteiger partial charge is 0.466 e. The van der Waals surface area contributed by atoms with Crippen LogP contribution >= 0.6 is 0 Å². The molecule has 0 spiro atoms. The summed E-state index contributed by atoms with van der Waals surface area (Å²) in [5, 5.41) is 11.0. The van der Waals surface area contributed by atoms with Crippen LogP contribution in [0.5, 0.6) is 0 Å². The number of hydrogen-bond acceptors (Lipinski definition) is 8. The summed E-state index contributed by atoms with van der Waals surface area (Å²) < 4.78 is 37.6. The molecule has 8 nitrogen and oxygen atoms in total. The van der Waals surface area contributed by atoms with Crippen molar-refractivity contribution < 1.29 is 38.3 Å². The Morgan fingerprint density at radius 2 is 1.64 bits per heavy atom. The molecule has 8 atom stereocenters. The SMILES string of the molecule is CCOC(=O)C[C@H]1O[C@H]2C[C@H]3O[C@@H](CCCOCc4ccccc4)C[C@H](OCc4ccccc4)[C@]3(C)O[C@]2(C)C[C@@H]1O. The fourth-order valence-electron chi connectivity index (χ4n) is 6.69. The predicted octanol–water partition coefficient (Wildman–Crippen LogP) is 5.14. The van der Waals surface area contributed by atoms with E-state index in [-0.39, 0.29) is 36.8 Å². The Hall–Kier alpha value is -2.33. The van der Waals surface area contributed by atoms with Crippen molar-refractivity contribution in [2.75, 3.05) is 13.2 Å². The molecule has 8 heteroatoms. The van der Waals surface area contributed by atoms with Gasteiger partial charge in [-0.25, -0.2) is 0 Å². The quantitative estimate of drug-likeness (QED) is 0.272. The van der Waals surface area contributed by atoms with Crippen LogP contribution in [0.15, 0.2) is 60.7 Å². The van der Waals surface area contributed by atoms with E-state index in [1.807, 2.05) is 43.3 Å². The zero-order chi connectivity index (χ0) is 29.6. The highest BCUT2D eigenvalue weighted by Crippen LogP contribution is 2.50. The van der Waals surface area contributed by atoms with E-state index in [4.69, 9.17) is 28.4 Å². The summed E-state index contributed by atoms with van der Waals surface area (Å²) in [6.07, 6.45) is 1.09. The second-order valence-electron chi connectivity index (χ2n) is 12.2. The van der Waals surface area contributed by atoms with E-state index in [9.17, 15) is 9.90 Å². The van der Waals surface area contributed by atoms with Crippen LogP contribution in [0.2, 0.25) is 0 Å². The van der Waals surface area contributed by atoms with Gasteiger partial charge < -0.3 is 33.5 Å². The number of carbonyl (C=O) groups excluding carboxylic acids is 1. The number of fused-ring (bicyclic) bond motifs is 2. The van der Waals surface area contributed by atoms with Gasteiger partial charge >= 0.3 is 5.97 Å². The lowest BCUT2D eigenvalue weighted by molar-refractivity contribution is -0.360. The van der Waals surface area contributed by atoms with Crippen molar-refractivity contribution in [2.24, 2.45) is 0 Å². The molecule has 0 amide bonds. The van der Waals surface area contributed by atoms with Crippen LogP contribution in [0, 0.1) is 0 Å². The first-order valence-corrected chi connectivity index (χ1v) is 15.4. The summed E-state index contributed by atoms with van der Waals surface area (Å²) in [5.41, 5.74) is 0.800. The lowest BCUT2D eigenvalue weighted by Gasteiger charge is -2.60. The molecule has 42 heavy (non-hydrogen) atoms. The maximum absolute atomic E-state index is 12.2. The van der Waals surface area contributed by atoms with E-state index in [0.717, 1.165) is 24.0 Å². The molecule has 0 bridgehead atoms. The van der Waals surface area contributed by atoms with E-state index >= 15 is 0 Å². The fraction of sp³-hybridized carbons (Fsp3) is 0.618. The molecule has 2 aromatic rings. The van der Waals surface area contributed by atoms with Crippen LogP contribution in [-0.4, -0.2) is 72.1 Å². The van der Waals surface area contributed by atoms with Gasteiger partial charge in [0.15, 0.2) is 0 Å². The standard InChI is InChI=1S/C34H46O8/c1-4-38-32(36)19-28-27(35)21-33(2)29(41-28)20-31-34(3,42-33)30(39-23-25-14-9-6-10-15-25)18-26(40-31)16-11-17-37-22-24-12-7-5-8-13-24/h5-10,12-15,26-31,35H,4,11,16-23H2,1-3H3/t26-,27-,28+,29-,30-,31+,33+,34-/m0/s1. The average Bonchev–Trinajstić information content (AvgIpc) is 2.97. The highest BCUT2D eigenvalue weighted by Gasteiger charge is 2.61. The molecule has 0 unspecified atom stereocenters. The Morgan fingerprint density at radius 3 is 2.33 bits per heavy atom. The molecule has 230 valence electrons. The van der Waals surface area contributed by atoms with Crippen molar-refractivity contribution in [1.29, 1.82) is 0 Å². The van der Waals surface area contributed by atoms with Crippen molar-refractivity contribution in [3.05, 3.63) is 71.8 Å². The second-order valence-corrected chi connectivity index (χ2v) is 12.2. The summed E-state index contributed by atoms with van der Waals surface area (Å²) in [4.78, 5) is 12.2. The highest BCUT2D eigenvalue weighted by atomic mass is 16.6. The summed E-state index contributed by atoms with van der Waals surface area (Å²) in [5.74, 6) is -0.371. The van der Waals surface area contributed by atoms with E-state index in [2.05, 4.69) is 31.2 Å². The molecule has 3 fully saturated rings. The molecule has 0 aliphatic carbocycles. The van der Waals surface area contributed by atoms with Crippen molar-refractivity contribution >= 4 is 5.97 Å². The van der Waals surface area contributed by atoms with Crippen LogP contribution in [0.3, 0.4) is 0 Å². The topological polar surface area (TPSA) is 92.7 Å². The third kappa shape index (κ3) is 7.41. The monoisotopic (exact) mass is 582 g/mol. The van der Waals surface area contributed by atoms with Gasteiger partial charge in [-0.15, -0.1) is 0 Å². The lowest BCUT2D eigenvalue weighted by Crippen LogP contribution is -2.71. The fourth-order valence-corrected chi connectivity index (χ4v) is 6.69. The van der Waals surface area contributed by atoms with Gasteiger partial charge in [0.05, 0.1) is 68.5 Å². The molecule has 1 N–H and O–H groups in total. The molecule has 3 aliphatic rings. The normalized spacial score (nSPS) is 34.3. The molecule has 0 saturated carbocycles. The minimum absolute atomic E-state index is 0.0124. The van der Waals surface area contributed by atoms with Crippen LogP contribution in [0.4, 0.5) is 0 Å². The van der Waals surface area contributed by atoms with Crippen LogP contribution in [0.25, 0.3) is 0 Å². The van der Waals surface area contributed by atoms with Gasteiger partial charge in [0, 0.05) is 25.9 Å². The van der Waals surface area contributed by atoms with E-state index < -0.39 is 23.4 Å².